The Balaban J connectivity index is 0.00000676. The third-order valence-electron chi connectivity index (χ3n) is 4.95. The van der Waals surface area contributed by atoms with Crippen LogP contribution in [0.15, 0.2) is 30.3 Å². The van der Waals surface area contributed by atoms with Crippen LogP contribution in [0, 0.1) is 0 Å². The van der Waals surface area contributed by atoms with Crippen LogP contribution in [0.25, 0.3) is 0 Å². The molecule has 0 radical (unpaired) electrons. The van der Waals surface area contributed by atoms with Crippen LogP contribution in [-0.2, 0) is 16.1 Å². The number of hydrogen-bond donors (Lipinski definition) is 2. The lowest BCUT2D eigenvalue weighted by atomic mass is 10.1. The molecule has 0 fully saturated rings. The van der Waals surface area contributed by atoms with Crippen LogP contribution < -0.4 is 12.4 Å². The first-order valence-electron chi connectivity index (χ1n) is 9.80. The Labute approximate surface area is 169 Å². The van der Waals surface area contributed by atoms with Crippen LogP contribution in [0.1, 0.15) is 63.9 Å². The van der Waals surface area contributed by atoms with Crippen LogP contribution in [0.4, 0.5) is 0 Å². The molecule has 0 saturated heterocycles. The van der Waals surface area contributed by atoms with Crippen molar-refractivity contribution < 1.29 is 36.7 Å². The van der Waals surface area contributed by atoms with E-state index >= 15 is 0 Å². The molecule has 0 atom stereocenters. The molecule has 1 aromatic rings. The van der Waals surface area contributed by atoms with Gasteiger partial charge in [0, 0.05) is 5.56 Å². The van der Waals surface area contributed by atoms with E-state index in [0.29, 0.717) is 24.1 Å². The maximum atomic E-state index is 11.2. The second-order valence-electron chi connectivity index (χ2n) is 7.21. The Bertz CT molecular complexity index is 518. The average molecular weight is 400 g/mol. The molecule has 0 unspecified atom stereocenters. The maximum absolute atomic E-state index is 11.2. The topological polar surface area (TPSA) is 74.6 Å². The lowest BCUT2D eigenvalue weighted by Crippen LogP contribution is -3.00. The summed E-state index contributed by atoms with van der Waals surface area (Å²) in [7, 11) is 0. The highest BCUT2D eigenvalue weighted by atomic mass is 35.5. The summed E-state index contributed by atoms with van der Waals surface area (Å²) in [4.78, 5) is 22.3. The number of aliphatic carboxylic acids is 2. The smallest absolute Gasteiger partial charge is 0.309 e. The zero-order valence-corrected chi connectivity index (χ0v) is 17.2. The van der Waals surface area contributed by atoms with Gasteiger partial charge in [0.15, 0.2) is 0 Å². The Morgan fingerprint density at radius 2 is 1.33 bits per heavy atom. The first-order valence-corrected chi connectivity index (χ1v) is 9.80. The summed E-state index contributed by atoms with van der Waals surface area (Å²) in [5.74, 6) is -1.64. The second kappa shape index (κ2) is 14.5. The van der Waals surface area contributed by atoms with Crippen molar-refractivity contribution in [3.05, 3.63) is 35.9 Å². The van der Waals surface area contributed by atoms with E-state index < -0.39 is 11.9 Å². The van der Waals surface area contributed by atoms with Crippen molar-refractivity contribution in [1.82, 2.24) is 0 Å². The largest absolute Gasteiger partial charge is 1.00 e. The molecule has 0 aliphatic carbocycles. The van der Waals surface area contributed by atoms with Gasteiger partial charge in [-0.3, -0.25) is 9.59 Å². The highest BCUT2D eigenvalue weighted by Crippen LogP contribution is 2.20. The van der Waals surface area contributed by atoms with E-state index in [1.165, 1.54) is 25.7 Å². The zero-order valence-electron chi connectivity index (χ0n) is 16.4. The summed E-state index contributed by atoms with van der Waals surface area (Å²) in [5.41, 5.74) is 1.13. The number of carbonyl (C=O) groups is 2. The molecular weight excluding hydrogens is 366 g/mol. The lowest BCUT2D eigenvalue weighted by Gasteiger charge is -2.38. The van der Waals surface area contributed by atoms with E-state index in [2.05, 4.69) is 6.92 Å². The fourth-order valence-electron chi connectivity index (χ4n) is 3.44. The van der Waals surface area contributed by atoms with Gasteiger partial charge in [0.2, 0.25) is 0 Å². The highest BCUT2D eigenvalue weighted by Gasteiger charge is 2.29. The fourth-order valence-corrected chi connectivity index (χ4v) is 3.44. The number of nitrogens with zero attached hydrogens (tertiary/aromatic N) is 1. The standard InChI is InChI=1S/C21H33NO4.ClH/c1-2-3-4-5-6-10-15-22(16-13-20(23)24,17-14-21(25)26)18-19-11-8-7-9-12-19;/h7-9,11-12H,2-6,10,13-18H2,1H3,(H-,23,24,25,26);1H. The van der Waals surface area contributed by atoms with Crippen LogP contribution >= 0.6 is 0 Å². The summed E-state index contributed by atoms with van der Waals surface area (Å²) in [6, 6.07) is 9.98. The van der Waals surface area contributed by atoms with Gasteiger partial charge >= 0.3 is 11.9 Å². The van der Waals surface area contributed by atoms with Crippen molar-refractivity contribution in [2.45, 2.75) is 64.8 Å². The molecule has 27 heavy (non-hydrogen) atoms. The molecule has 0 aliphatic heterocycles. The van der Waals surface area contributed by atoms with Crippen LogP contribution in [0.3, 0.4) is 0 Å². The van der Waals surface area contributed by atoms with Crippen molar-refractivity contribution in [3.63, 3.8) is 0 Å². The van der Waals surface area contributed by atoms with Gasteiger partial charge in [0.05, 0.1) is 32.5 Å². The molecule has 0 spiro atoms. The summed E-state index contributed by atoms with van der Waals surface area (Å²) in [6.45, 7) is 4.68. The predicted molar refractivity (Wildman–Crippen MR) is 103 cm³/mol. The highest BCUT2D eigenvalue weighted by molar-refractivity contribution is 5.67. The van der Waals surface area contributed by atoms with Crippen molar-refractivity contribution >= 4 is 11.9 Å². The molecule has 2 N–H and O–H groups in total. The molecule has 0 bridgehead atoms. The minimum Gasteiger partial charge on any atom is -1.00 e. The SMILES string of the molecule is CCCCCCCC[N+](CCC(=O)O)(CCC(=O)O)Cc1ccccc1.[Cl-]. The van der Waals surface area contributed by atoms with Gasteiger partial charge in [-0.05, 0) is 12.8 Å². The molecule has 0 amide bonds. The minimum absolute atomic E-state index is 0. The molecular formula is C21H34ClNO4. The molecule has 154 valence electrons. The van der Waals surface area contributed by atoms with E-state index in [4.69, 9.17) is 10.2 Å². The van der Waals surface area contributed by atoms with Crippen LogP contribution in [0.2, 0.25) is 0 Å². The van der Waals surface area contributed by atoms with Crippen molar-refractivity contribution in [3.8, 4) is 0 Å². The van der Waals surface area contributed by atoms with Gasteiger partial charge in [0.1, 0.15) is 6.54 Å². The molecule has 0 aromatic heterocycles. The van der Waals surface area contributed by atoms with E-state index in [1.54, 1.807) is 0 Å². The number of carboxylic acids is 2. The Morgan fingerprint density at radius 3 is 1.85 bits per heavy atom. The number of unbranched alkanes of at least 4 members (excludes halogenated alkanes) is 5. The van der Waals surface area contributed by atoms with E-state index in [-0.39, 0.29) is 25.2 Å². The molecule has 0 heterocycles. The summed E-state index contributed by atoms with van der Waals surface area (Å²) in [6.07, 6.45) is 7.17. The number of quaternary nitrogens is 1. The minimum atomic E-state index is -0.821. The molecule has 0 aliphatic rings. The van der Waals surface area contributed by atoms with Crippen molar-refractivity contribution in [1.29, 1.82) is 0 Å². The zero-order chi connectivity index (χ0) is 19.3. The van der Waals surface area contributed by atoms with E-state index in [9.17, 15) is 9.59 Å². The van der Waals surface area contributed by atoms with Crippen molar-refractivity contribution in [2.24, 2.45) is 0 Å². The van der Waals surface area contributed by atoms with Gasteiger partial charge in [-0.2, -0.15) is 0 Å². The molecule has 0 saturated carbocycles. The molecule has 6 heteroatoms. The lowest BCUT2D eigenvalue weighted by molar-refractivity contribution is -0.940. The van der Waals surface area contributed by atoms with Gasteiger partial charge in [-0.15, -0.1) is 0 Å². The first-order chi connectivity index (χ1) is 12.5. The fraction of sp³-hybridized carbons (Fsp3) is 0.619. The third-order valence-corrected chi connectivity index (χ3v) is 4.95. The first kappa shape index (κ1) is 25.4. The number of carboxylic acid groups (broad SMARTS) is 2. The number of benzene rings is 1. The monoisotopic (exact) mass is 399 g/mol. The number of rotatable bonds is 15. The predicted octanol–water partition coefficient (Wildman–Crippen LogP) is 1.32. The normalized spacial score (nSPS) is 11.0. The average Bonchev–Trinajstić information content (AvgIpc) is 2.62. The van der Waals surface area contributed by atoms with E-state index in [0.717, 1.165) is 24.9 Å². The Hall–Kier alpha value is -1.59. The molecule has 1 rings (SSSR count). The van der Waals surface area contributed by atoms with Crippen LogP contribution in [-0.4, -0.2) is 46.3 Å². The maximum Gasteiger partial charge on any atom is 0.309 e. The van der Waals surface area contributed by atoms with Gasteiger partial charge in [0.25, 0.3) is 0 Å². The van der Waals surface area contributed by atoms with Gasteiger partial charge in [-0.1, -0.05) is 62.9 Å². The third kappa shape index (κ3) is 11.7. The molecule has 5 nitrogen and oxygen atoms in total. The number of hydrogen-bond acceptors (Lipinski definition) is 2. The summed E-state index contributed by atoms with van der Waals surface area (Å²) < 4.78 is 0.538. The Kier molecular flexibility index (Phi) is 13.6. The quantitative estimate of drug-likeness (QED) is 0.344. The molecule has 1 aromatic carbocycles. The summed E-state index contributed by atoms with van der Waals surface area (Å²) >= 11 is 0. The summed E-state index contributed by atoms with van der Waals surface area (Å²) in [5, 5.41) is 18.3. The van der Waals surface area contributed by atoms with Gasteiger partial charge in [-0.25, -0.2) is 0 Å². The van der Waals surface area contributed by atoms with Crippen molar-refractivity contribution in [2.75, 3.05) is 19.6 Å². The second-order valence-corrected chi connectivity index (χ2v) is 7.21. The van der Waals surface area contributed by atoms with E-state index in [1.807, 2.05) is 30.3 Å². The Morgan fingerprint density at radius 1 is 0.815 bits per heavy atom. The van der Waals surface area contributed by atoms with Gasteiger partial charge < -0.3 is 27.1 Å². The van der Waals surface area contributed by atoms with Crippen LogP contribution in [0.5, 0.6) is 0 Å². The number of halogens is 1.